The summed E-state index contributed by atoms with van der Waals surface area (Å²) in [5.74, 6) is 0.547. The molecular weight excluding hydrogens is 398 g/mol. The number of nitrogens with zero attached hydrogens (tertiary/aromatic N) is 3. The van der Waals surface area contributed by atoms with Gasteiger partial charge < -0.3 is 13.9 Å². The number of aromatic nitrogens is 2. The molecule has 4 aromatic rings. The largest absolute Gasteiger partial charge is 0.490 e. The van der Waals surface area contributed by atoms with E-state index in [-0.39, 0.29) is 17.1 Å². The van der Waals surface area contributed by atoms with Gasteiger partial charge in [-0.3, -0.25) is 4.79 Å². The summed E-state index contributed by atoms with van der Waals surface area (Å²) in [4.78, 5) is 29.3. The van der Waals surface area contributed by atoms with E-state index in [0.717, 1.165) is 0 Å². The molecule has 0 atom stereocenters. The number of furan rings is 1. The molecule has 0 aliphatic heterocycles. The van der Waals surface area contributed by atoms with Gasteiger partial charge in [-0.1, -0.05) is 12.1 Å². The first-order chi connectivity index (χ1) is 15.1. The predicted octanol–water partition coefficient (Wildman–Crippen LogP) is 3.80. The van der Waals surface area contributed by atoms with Crippen molar-refractivity contribution < 1.29 is 18.7 Å². The van der Waals surface area contributed by atoms with Crippen LogP contribution in [0.4, 0.5) is 0 Å². The smallest absolute Gasteiger partial charge is 0.379 e. The van der Waals surface area contributed by atoms with Crippen molar-refractivity contribution in [3.05, 3.63) is 88.4 Å². The number of para-hydroxylation sites is 1. The van der Waals surface area contributed by atoms with Crippen LogP contribution in [0.3, 0.4) is 0 Å². The second-order valence-corrected chi connectivity index (χ2v) is 6.54. The number of rotatable bonds is 6. The van der Waals surface area contributed by atoms with Crippen molar-refractivity contribution in [1.29, 1.82) is 0 Å². The van der Waals surface area contributed by atoms with E-state index >= 15 is 0 Å². The van der Waals surface area contributed by atoms with E-state index in [1.807, 2.05) is 13.0 Å². The van der Waals surface area contributed by atoms with Crippen LogP contribution >= 0.6 is 0 Å². The van der Waals surface area contributed by atoms with Crippen LogP contribution in [-0.2, 0) is 0 Å². The van der Waals surface area contributed by atoms with Gasteiger partial charge in [0.05, 0.1) is 30.0 Å². The van der Waals surface area contributed by atoms with Crippen LogP contribution in [0.5, 0.6) is 11.5 Å². The summed E-state index contributed by atoms with van der Waals surface area (Å²) in [7, 11) is 0. The monoisotopic (exact) mass is 417 g/mol. The van der Waals surface area contributed by atoms with Crippen LogP contribution < -0.4 is 15.0 Å². The van der Waals surface area contributed by atoms with Gasteiger partial charge in [-0.15, -0.1) is 0 Å². The van der Waals surface area contributed by atoms with Crippen molar-refractivity contribution in [3.63, 3.8) is 0 Å². The lowest BCUT2D eigenvalue weighted by Gasteiger charge is -2.10. The molecule has 0 aliphatic rings. The lowest BCUT2D eigenvalue weighted by atomic mass is 10.2. The molecule has 2 heterocycles. The molecule has 4 rings (SSSR count). The molecule has 0 N–H and O–H groups in total. The van der Waals surface area contributed by atoms with Gasteiger partial charge >= 0.3 is 5.97 Å². The lowest BCUT2D eigenvalue weighted by Crippen LogP contribution is -2.20. The van der Waals surface area contributed by atoms with Crippen molar-refractivity contribution in [2.24, 2.45) is 5.10 Å². The molecule has 0 bridgehead atoms. The second kappa shape index (κ2) is 8.66. The third-order valence-corrected chi connectivity index (χ3v) is 4.43. The molecule has 8 nitrogen and oxygen atoms in total. The van der Waals surface area contributed by atoms with Crippen molar-refractivity contribution in [1.82, 2.24) is 9.66 Å². The molecule has 0 unspecified atom stereocenters. The highest BCUT2D eigenvalue weighted by Gasteiger charge is 2.15. The number of aryl methyl sites for hydroxylation is 1. The zero-order chi connectivity index (χ0) is 21.8. The van der Waals surface area contributed by atoms with Crippen LogP contribution in [0.15, 0.2) is 75.2 Å². The molecule has 0 amide bonds. The van der Waals surface area contributed by atoms with Crippen molar-refractivity contribution in [2.45, 2.75) is 13.8 Å². The van der Waals surface area contributed by atoms with E-state index in [0.29, 0.717) is 34.6 Å². The summed E-state index contributed by atoms with van der Waals surface area (Å²) < 4.78 is 17.3. The van der Waals surface area contributed by atoms with E-state index in [1.54, 1.807) is 49.4 Å². The van der Waals surface area contributed by atoms with Crippen LogP contribution in [-0.4, -0.2) is 28.5 Å². The molecule has 0 spiro atoms. The fraction of sp³-hybridized carbons (Fsp3) is 0.130. The average Bonchev–Trinajstić information content (AvgIpc) is 3.30. The Morgan fingerprint density at radius 2 is 2.00 bits per heavy atom. The summed E-state index contributed by atoms with van der Waals surface area (Å²) >= 11 is 0. The molecule has 0 radical (unpaired) electrons. The summed E-state index contributed by atoms with van der Waals surface area (Å²) in [5, 5.41) is 4.78. The van der Waals surface area contributed by atoms with Crippen molar-refractivity contribution in [2.75, 3.05) is 6.61 Å². The number of ether oxygens (including phenoxy) is 2. The fourth-order valence-corrected chi connectivity index (χ4v) is 3.00. The van der Waals surface area contributed by atoms with Gasteiger partial charge in [-0.2, -0.15) is 9.78 Å². The molecule has 0 aliphatic carbocycles. The Balaban J connectivity index is 1.64. The standard InChI is InChI=1S/C23H19N3O5/c1-3-29-21-13-16(10-11-19(21)31-23(28)20-9-6-12-30-20)14-24-26-15(2)25-18-8-5-4-7-17(18)22(26)27/h4-14H,3H2,1-2H3. The van der Waals surface area contributed by atoms with Crippen LogP contribution in [0, 0.1) is 6.92 Å². The Bertz CT molecular complexity index is 1320. The van der Waals surface area contributed by atoms with E-state index in [4.69, 9.17) is 13.9 Å². The van der Waals surface area contributed by atoms with E-state index in [1.165, 1.54) is 23.2 Å². The first kappa shape index (κ1) is 20.1. The normalized spacial score (nSPS) is 11.2. The van der Waals surface area contributed by atoms with Gasteiger partial charge in [0, 0.05) is 0 Å². The van der Waals surface area contributed by atoms with Crippen LogP contribution in [0.1, 0.15) is 28.9 Å². The zero-order valence-corrected chi connectivity index (χ0v) is 16.9. The van der Waals surface area contributed by atoms with Gasteiger partial charge in [-0.05, 0) is 61.9 Å². The minimum Gasteiger partial charge on any atom is -0.490 e. The quantitative estimate of drug-likeness (QED) is 0.269. The number of benzene rings is 2. The molecule has 8 heteroatoms. The van der Waals surface area contributed by atoms with E-state index < -0.39 is 5.97 Å². The van der Waals surface area contributed by atoms with Crippen molar-refractivity contribution in [3.8, 4) is 11.5 Å². The molecule has 0 saturated carbocycles. The van der Waals surface area contributed by atoms with Crippen LogP contribution in [0.25, 0.3) is 10.9 Å². The van der Waals surface area contributed by atoms with Crippen LogP contribution in [0.2, 0.25) is 0 Å². The Labute approximate surface area is 177 Å². The summed E-state index contributed by atoms with van der Waals surface area (Å²) in [6.45, 7) is 3.91. The Hall–Kier alpha value is -4.20. The Morgan fingerprint density at radius 3 is 2.77 bits per heavy atom. The number of carbonyl (C=O) groups excluding carboxylic acids is 1. The summed E-state index contributed by atoms with van der Waals surface area (Å²) in [6.07, 6.45) is 2.91. The average molecular weight is 417 g/mol. The maximum absolute atomic E-state index is 12.7. The summed E-state index contributed by atoms with van der Waals surface area (Å²) in [6, 6.07) is 15.2. The number of hydrogen-bond donors (Lipinski definition) is 0. The first-order valence-corrected chi connectivity index (χ1v) is 9.62. The van der Waals surface area contributed by atoms with E-state index in [9.17, 15) is 9.59 Å². The lowest BCUT2D eigenvalue weighted by molar-refractivity contribution is 0.0695. The topological polar surface area (TPSA) is 95.9 Å². The van der Waals surface area contributed by atoms with Crippen molar-refractivity contribution >= 4 is 23.1 Å². The maximum atomic E-state index is 12.7. The SMILES string of the molecule is CCOc1cc(C=Nn2c(C)nc3ccccc3c2=O)ccc1OC(=O)c1ccco1. The molecule has 31 heavy (non-hydrogen) atoms. The third kappa shape index (κ3) is 4.23. The number of fused-ring (bicyclic) bond motifs is 1. The van der Waals surface area contributed by atoms with Gasteiger partial charge in [0.25, 0.3) is 5.56 Å². The van der Waals surface area contributed by atoms with Gasteiger partial charge in [0.1, 0.15) is 5.82 Å². The highest BCUT2D eigenvalue weighted by Crippen LogP contribution is 2.29. The highest BCUT2D eigenvalue weighted by molar-refractivity contribution is 5.89. The van der Waals surface area contributed by atoms with Gasteiger partial charge in [-0.25, -0.2) is 9.78 Å². The highest BCUT2D eigenvalue weighted by atomic mass is 16.6. The molecule has 156 valence electrons. The maximum Gasteiger partial charge on any atom is 0.379 e. The third-order valence-electron chi connectivity index (χ3n) is 4.43. The van der Waals surface area contributed by atoms with Gasteiger partial charge in [0.15, 0.2) is 11.5 Å². The predicted molar refractivity (Wildman–Crippen MR) is 115 cm³/mol. The Morgan fingerprint density at radius 1 is 1.16 bits per heavy atom. The zero-order valence-electron chi connectivity index (χ0n) is 16.9. The molecule has 0 saturated heterocycles. The molecule has 2 aromatic carbocycles. The Kier molecular flexibility index (Phi) is 5.61. The first-order valence-electron chi connectivity index (χ1n) is 9.62. The van der Waals surface area contributed by atoms with E-state index in [2.05, 4.69) is 10.1 Å². The molecule has 2 aromatic heterocycles. The number of esters is 1. The van der Waals surface area contributed by atoms with Gasteiger partial charge in [0.2, 0.25) is 5.76 Å². The minimum atomic E-state index is -0.628. The molecular formula is C23H19N3O5. The second-order valence-electron chi connectivity index (χ2n) is 6.54. The fourth-order valence-electron chi connectivity index (χ4n) is 3.00. The number of carbonyl (C=O) groups is 1. The minimum absolute atomic E-state index is 0.0896. The molecule has 0 fully saturated rings. The summed E-state index contributed by atoms with van der Waals surface area (Å²) in [5.41, 5.74) is 1.02. The number of hydrogen-bond acceptors (Lipinski definition) is 7.